The van der Waals surface area contributed by atoms with Crippen LogP contribution in [0.5, 0.6) is 5.75 Å². The number of likely N-dealkylation sites (tertiary alicyclic amines) is 1. The first-order valence-electron chi connectivity index (χ1n) is 13.0. The number of hydrogen-bond donors (Lipinski definition) is 1. The van der Waals surface area contributed by atoms with Gasteiger partial charge in [-0.05, 0) is 51.7 Å². The van der Waals surface area contributed by atoms with Crippen molar-refractivity contribution in [2.45, 2.75) is 64.4 Å². The fourth-order valence-corrected chi connectivity index (χ4v) is 5.78. The minimum absolute atomic E-state index is 0.0113. The van der Waals surface area contributed by atoms with Gasteiger partial charge in [-0.3, -0.25) is 9.69 Å². The second kappa shape index (κ2) is 10.0. The lowest BCUT2D eigenvalue weighted by Crippen LogP contribution is -2.48. The number of amides is 1. The van der Waals surface area contributed by atoms with Crippen molar-refractivity contribution in [3.63, 3.8) is 0 Å². The molecular formula is C30H32F3N3O2. The Morgan fingerprint density at radius 2 is 1.92 bits per heavy atom. The fourth-order valence-electron chi connectivity index (χ4n) is 5.78. The summed E-state index contributed by atoms with van der Waals surface area (Å²) in [6.45, 7) is 7.29. The third kappa shape index (κ3) is 5.00. The van der Waals surface area contributed by atoms with E-state index in [1.54, 1.807) is 11.8 Å². The lowest BCUT2D eigenvalue weighted by molar-refractivity contribution is -0.124. The molecule has 2 aliphatic rings. The number of nitrogens with one attached hydrogen (secondary N) is 1. The summed E-state index contributed by atoms with van der Waals surface area (Å²) in [5, 5.41) is 1.01. The molecule has 38 heavy (non-hydrogen) atoms. The Bertz CT molecular complexity index is 1410. The molecular weight excluding hydrogens is 491 g/mol. The van der Waals surface area contributed by atoms with Gasteiger partial charge < -0.3 is 14.6 Å². The maximum Gasteiger partial charge on any atom is 0.298 e. The van der Waals surface area contributed by atoms with Crippen molar-refractivity contribution >= 4 is 16.8 Å². The topological polar surface area (TPSA) is 48.6 Å². The van der Waals surface area contributed by atoms with E-state index in [1.807, 2.05) is 36.1 Å². The molecule has 5 nitrogen and oxygen atoms in total. The van der Waals surface area contributed by atoms with Gasteiger partial charge in [0.25, 0.3) is 5.91 Å². The van der Waals surface area contributed by atoms with E-state index in [1.165, 1.54) is 26.0 Å². The Hall–Kier alpha value is -3.44. The predicted molar refractivity (Wildman–Crippen MR) is 141 cm³/mol. The first-order valence-corrected chi connectivity index (χ1v) is 13.0. The highest BCUT2D eigenvalue weighted by molar-refractivity contribution is 5.93. The van der Waals surface area contributed by atoms with Crippen molar-refractivity contribution in [3.8, 4) is 17.6 Å². The van der Waals surface area contributed by atoms with Crippen LogP contribution in [0, 0.1) is 23.5 Å². The zero-order chi connectivity index (χ0) is 27.2. The highest BCUT2D eigenvalue weighted by atomic mass is 19.1. The number of aromatic amines is 1. The second-order valence-electron chi connectivity index (χ2n) is 10.9. The van der Waals surface area contributed by atoms with Gasteiger partial charge in [0.05, 0.1) is 12.6 Å². The van der Waals surface area contributed by atoms with Crippen LogP contribution in [0.4, 0.5) is 13.2 Å². The molecule has 0 radical (unpaired) electrons. The monoisotopic (exact) mass is 523 g/mol. The van der Waals surface area contributed by atoms with Crippen LogP contribution in [-0.4, -0.2) is 58.1 Å². The molecule has 3 atom stereocenters. The van der Waals surface area contributed by atoms with E-state index in [2.05, 4.69) is 16.8 Å². The average Bonchev–Trinajstić information content (AvgIpc) is 3.45. The van der Waals surface area contributed by atoms with Gasteiger partial charge in [-0.15, -0.1) is 0 Å². The standard InChI is InChI=1S/C30H32F3N3O2/c1-5-8-26(37)35-12-11-19(16-35)38-20-14-23(31)27(24(32)15-20)29-28-22(21-9-6-7-10-25(21)34-28)13-18(2)36(29)17-30(3,4)33/h6-7,9-10,14-15,18-19,29,34H,11-13,16-17H2,1-4H3/t18-,19+,29-/m1/s1. The van der Waals surface area contributed by atoms with Crippen LogP contribution in [0.2, 0.25) is 0 Å². The van der Waals surface area contributed by atoms with Crippen molar-refractivity contribution < 1.29 is 22.7 Å². The number of rotatable bonds is 5. The summed E-state index contributed by atoms with van der Waals surface area (Å²) in [5.74, 6) is 3.34. The first kappa shape index (κ1) is 26.2. The van der Waals surface area contributed by atoms with E-state index in [4.69, 9.17) is 4.74 Å². The summed E-state index contributed by atoms with van der Waals surface area (Å²) >= 11 is 0. The molecule has 2 aromatic carbocycles. The summed E-state index contributed by atoms with van der Waals surface area (Å²) < 4.78 is 52.5. The number of hydrogen-bond acceptors (Lipinski definition) is 3. The maximum atomic E-state index is 15.8. The summed E-state index contributed by atoms with van der Waals surface area (Å²) in [7, 11) is 0. The van der Waals surface area contributed by atoms with Crippen molar-refractivity contribution in [2.75, 3.05) is 19.6 Å². The van der Waals surface area contributed by atoms with E-state index >= 15 is 8.78 Å². The first-order chi connectivity index (χ1) is 18.1. The van der Waals surface area contributed by atoms with E-state index < -0.39 is 23.3 Å². The van der Waals surface area contributed by atoms with Crippen LogP contribution in [0.3, 0.4) is 0 Å². The zero-order valence-electron chi connectivity index (χ0n) is 22.1. The molecule has 0 unspecified atom stereocenters. The molecule has 1 saturated heterocycles. The maximum absolute atomic E-state index is 15.8. The summed E-state index contributed by atoms with van der Waals surface area (Å²) in [6.07, 6.45) is 0.788. The minimum atomic E-state index is -1.57. The minimum Gasteiger partial charge on any atom is -0.488 e. The molecule has 8 heteroatoms. The van der Waals surface area contributed by atoms with Gasteiger partial charge in [0, 0.05) is 59.8 Å². The van der Waals surface area contributed by atoms with Crippen LogP contribution in [-0.2, 0) is 11.2 Å². The third-order valence-electron chi connectivity index (χ3n) is 7.37. The van der Waals surface area contributed by atoms with Gasteiger partial charge in [0.2, 0.25) is 0 Å². The highest BCUT2D eigenvalue weighted by Crippen LogP contribution is 2.43. The molecule has 1 N–H and O–H groups in total. The molecule has 0 aliphatic carbocycles. The molecule has 3 heterocycles. The SMILES string of the molecule is CC#CC(=O)N1CC[C@H](Oc2cc(F)c([C@@H]3c4[nH]c5ccccc5c4C[C@@H](C)N3CC(C)(C)F)c(F)c2)C1. The lowest BCUT2D eigenvalue weighted by atomic mass is 9.87. The molecule has 200 valence electrons. The van der Waals surface area contributed by atoms with Gasteiger partial charge in [-0.2, -0.15) is 0 Å². The van der Waals surface area contributed by atoms with Gasteiger partial charge in [-0.1, -0.05) is 24.1 Å². The van der Waals surface area contributed by atoms with Gasteiger partial charge >= 0.3 is 0 Å². The molecule has 2 aliphatic heterocycles. The second-order valence-corrected chi connectivity index (χ2v) is 10.9. The highest BCUT2D eigenvalue weighted by Gasteiger charge is 2.41. The Morgan fingerprint density at radius 3 is 2.61 bits per heavy atom. The Labute approximate surface area is 220 Å². The number of carbonyl (C=O) groups excluding carboxylic acids is 1. The number of benzene rings is 2. The van der Waals surface area contributed by atoms with Crippen LogP contribution in [0.15, 0.2) is 36.4 Å². The molecule has 1 aromatic heterocycles. The van der Waals surface area contributed by atoms with Crippen molar-refractivity contribution in [1.29, 1.82) is 0 Å². The number of fused-ring (bicyclic) bond motifs is 3. The van der Waals surface area contributed by atoms with E-state index in [0.717, 1.165) is 16.5 Å². The van der Waals surface area contributed by atoms with Crippen LogP contribution >= 0.6 is 0 Å². The van der Waals surface area contributed by atoms with E-state index in [-0.39, 0.29) is 35.9 Å². The normalized spacial score (nSPS) is 21.8. The van der Waals surface area contributed by atoms with Crippen molar-refractivity contribution in [3.05, 3.63) is 64.9 Å². The molecule has 1 amide bonds. The number of para-hydroxylation sites is 1. The summed E-state index contributed by atoms with van der Waals surface area (Å²) in [4.78, 5) is 18.8. The number of alkyl halides is 1. The van der Waals surface area contributed by atoms with Crippen molar-refractivity contribution in [1.82, 2.24) is 14.8 Å². The predicted octanol–water partition coefficient (Wildman–Crippen LogP) is 5.53. The number of carbonyl (C=O) groups is 1. The van der Waals surface area contributed by atoms with Crippen molar-refractivity contribution in [2.24, 2.45) is 0 Å². The zero-order valence-corrected chi connectivity index (χ0v) is 22.1. The quantitative estimate of drug-likeness (QED) is 0.447. The van der Waals surface area contributed by atoms with Crippen LogP contribution < -0.4 is 4.74 Å². The fraction of sp³-hybridized carbons (Fsp3) is 0.433. The Morgan fingerprint density at radius 1 is 1.21 bits per heavy atom. The number of ether oxygens (including phenoxy) is 1. The average molecular weight is 524 g/mol. The molecule has 0 spiro atoms. The number of H-pyrrole nitrogens is 1. The van der Waals surface area contributed by atoms with Gasteiger partial charge in [0.1, 0.15) is 29.2 Å². The smallest absolute Gasteiger partial charge is 0.298 e. The van der Waals surface area contributed by atoms with Gasteiger partial charge in [-0.25, -0.2) is 13.2 Å². The molecule has 1 fully saturated rings. The molecule has 5 rings (SSSR count). The number of nitrogens with zero attached hydrogens (tertiary/aromatic N) is 2. The summed E-state index contributed by atoms with van der Waals surface area (Å²) in [5.41, 5.74) is 0.852. The van der Waals surface area contributed by atoms with Crippen LogP contribution in [0.25, 0.3) is 10.9 Å². The molecule has 3 aromatic rings. The molecule has 0 bridgehead atoms. The molecule has 0 saturated carbocycles. The Kier molecular flexibility index (Phi) is 6.91. The van der Waals surface area contributed by atoms with E-state index in [0.29, 0.717) is 31.6 Å². The number of halogens is 3. The number of aromatic nitrogens is 1. The van der Waals surface area contributed by atoms with E-state index in [9.17, 15) is 9.18 Å². The Balaban J connectivity index is 1.51. The largest absolute Gasteiger partial charge is 0.488 e. The van der Waals surface area contributed by atoms with Crippen LogP contribution in [0.1, 0.15) is 57.0 Å². The third-order valence-corrected chi connectivity index (χ3v) is 7.37. The summed E-state index contributed by atoms with van der Waals surface area (Å²) in [6, 6.07) is 9.17. The van der Waals surface area contributed by atoms with Gasteiger partial charge in [0.15, 0.2) is 0 Å². The lowest BCUT2D eigenvalue weighted by Gasteiger charge is -2.43.